The number of hydrogen-bond donors (Lipinski definition) is 1. The molecule has 0 radical (unpaired) electrons. The Hall–Kier alpha value is -1.40. The number of nitrogens with two attached hydrogens (primary N) is 1. The topological polar surface area (TPSA) is 64.9 Å². The van der Waals surface area contributed by atoms with Crippen LogP contribution < -0.4 is 5.73 Å². The first-order valence-electron chi connectivity index (χ1n) is 6.08. The van der Waals surface area contributed by atoms with Gasteiger partial charge in [-0.2, -0.15) is 0 Å². The zero-order valence-electron chi connectivity index (χ0n) is 10.8. The summed E-state index contributed by atoms with van der Waals surface area (Å²) >= 11 is 1.30. The predicted octanol–water partition coefficient (Wildman–Crippen LogP) is 3.09. The van der Waals surface area contributed by atoms with E-state index in [1.165, 1.54) is 17.8 Å². The first-order valence-corrected chi connectivity index (χ1v) is 6.96. The number of nitrogens with zero attached hydrogens (tertiary/aromatic N) is 2. The molecule has 1 aromatic heterocycles. The summed E-state index contributed by atoms with van der Waals surface area (Å²) in [5, 5.41) is 7.86. The van der Waals surface area contributed by atoms with E-state index in [0.29, 0.717) is 16.7 Å². The maximum absolute atomic E-state index is 13.9. The molecule has 2 N–H and O–H groups in total. The Bertz CT molecular complexity index is 546. The zero-order chi connectivity index (χ0) is 13.8. The molecule has 0 aliphatic heterocycles. The minimum absolute atomic E-state index is 0.186. The molecule has 1 heterocycles. The third kappa shape index (κ3) is 3.33. The van der Waals surface area contributed by atoms with Gasteiger partial charge >= 0.3 is 0 Å². The number of hydrogen-bond acceptors (Lipinski definition) is 5. The van der Waals surface area contributed by atoms with E-state index >= 15 is 0 Å². The second kappa shape index (κ2) is 6.16. The van der Waals surface area contributed by atoms with Crippen LogP contribution in [0.5, 0.6) is 0 Å². The first kappa shape index (κ1) is 14.0. The third-order valence-corrected chi connectivity index (χ3v) is 4.03. The Labute approximate surface area is 115 Å². The van der Waals surface area contributed by atoms with Gasteiger partial charge in [-0.1, -0.05) is 36.9 Å². The van der Waals surface area contributed by atoms with Crippen LogP contribution in [0.25, 0.3) is 0 Å². The van der Waals surface area contributed by atoms with E-state index in [0.717, 1.165) is 6.42 Å². The van der Waals surface area contributed by atoms with Crippen LogP contribution in [-0.4, -0.2) is 16.2 Å². The summed E-state index contributed by atoms with van der Waals surface area (Å²) < 4.78 is 19.2. The van der Waals surface area contributed by atoms with E-state index < -0.39 is 0 Å². The maximum Gasteiger partial charge on any atom is 0.277 e. The molecule has 0 amide bonds. The average Bonchev–Trinajstić information content (AvgIpc) is 2.82. The molecule has 19 heavy (non-hydrogen) atoms. The molecule has 0 saturated heterocycles. The minimum atomic E-state index is -0.264. The highest BCUT2D eigenvalue weighted by Gasteiger charge is 2.25. The SMILES string of the molecule is CCC(N)C(Sc1nnc(C)o1)c1ccccc1F. The Kier molecular flexibility index (Phi) is 4.55. The number of halogens is 1. The lowest BCUT2D eigenvalue weighted by atomic mass is 10.0. The van der Waals surface area contributed by atoms with Crippen molar-refractivity contribution in [3.63, 3.8) is 0 Å². The normalized spacial score (nSPS) is 14.3. The van der Waals surface area contributed by atoms with E-state index in [9.17, 15) is 4.39 Å². The molecule has 1 aromatic carbocycles. The number of benzene rings is 1. The quantitative estimate of drug-likeness (QED) is 0.853. The van der Waals surface area contributed by atoms with Gasteiger partial charge in [-0.3, -0.25) is 0 Å². The van der Waals surface area contributed by atoms with Gasteiger partial charge in [0.25, 0.3) is 5.22 Å². The molecule has 2 atom stereocenters. The largest absolute Gasteiger partial charge is 0.416 e. The molecule has 0 aliphatic rings. The van der Waals surface area contributed by atoms with Crippen LogP contribution in [0, 0.1) is 12.7 Å². The van der Waals surface area contributed by atoms with Crippen LogP contribution in [0.2, 0.25) is 0 Å². The van der Waals surface area contributed by atoms with Crippen molar-refractivity contribution in [2.45, 2.75) is 36.8 Å². The molecule has 2 aromatic rings. The van der Waals surface area contributed by atoms with Gasteiger partial charge in [0, 0.05) is 18.5 Å². The number of rotatable bonds is 5. The molecule has 0 bridgehead atoms. The van der Waals surface area contributed by atoms with Gasteiger partial charge in [-0.15, -0.1) is 10.2 Å². The molecule has 0 saturated carbocycles. The molecule has 2 rings (SSSR count). The van der Waals surface area contributed by atoms with Gasteiger partial charge in [0.15, 0.2) is 0 Å². The van der Waals surface area contributed by atoms with E-state index in [4.69, 9.17) is 10.2 Å². The molecule has 0 fully saturated rings. The highest BCUT2D eigenvalue weighted by molar-refractivity contribution is 7.99. The number of aryl methyl sites for hydroxylation is 1. The fourth-order valence-corrected chi connectivity index (χ4v) is 2.90. The summed E-state index contributed by atoms with van der Waals surface area (Å²) in [6.45, 7) is 3.69. The summed E-state index contributed by atoms with van der Waals surface area (Å²) in [6, 6.07) is 6.45. The highest BCUT2D eigenvalue weighted by Crippen LogP contribution is 2.38. The Morgan fingerprint density at radius 1 is 1.37 bits per heavy atom. The summed E-state index contributed by atoms with van der Waals surface area (Å²) in [6.07, 6.45) is 0.735. The summed E-state index contributed by atoms with van der Waals surface area (Å²) in [5.41, 5.74) is 6.66. The van der Waals surface area contributed by atoms with E-state index in [2.05, 4.69) is 10.2 Å². The molecule has 102 valence electrons. The van der Waals surface area contributed by atoms with E-state index in [-0.39, 0.29) is 17.1 Å². The van der Waals surface area contributed by atoms with Crippen molar-refractivity contribution < 1.29 is 8.81 Å². The smallest absolute Gasteiger partial charge is 0.277 e. The van der Waals surface area contributed by atoms with Gasteiger partial charge < -0.3 is 10.2 Å². The fraction of sp³-hybridized carbons (Fsp3) is 0.385. The lowest BCUT2D eigenvalue weighted by molar-refractivity contribution is 0.427. The maximum atomic E-state index is 13.9. The molecule has 4 nitrogen and oxygen atoms in total. The zero-order valence-corrected chi connectivity index (χ0v) is 11.7. The average molecular weight is 281 g/mol. The van der Waals surface area contributed by atoms with Crippen molar-refractivity contribution in [3.05, 3.63) is 41.5 Å². The van der Waals surface area contributed by atoms with Gasteiger partial charge in [-0.05, 0) is 12.5 Å². The van der Waals surface area contributed by atoms with Crippen molar-refractivity contribution in [3.8, 4) is 0 Å². The molecule has 6 heteroatoms. The summed E-state index contributed by atoms with van der Waals surface area (Å²) in [5.74, 6) is 0.222. The molecular weight excluding hydrogens is 265 g/mol. The van der Waals surface area contributed by atoms with E-state index in [1.807, 2.05) is 6.92 Å². The standard InChI is InChI=1S/C13H16FN3OS/c1-3-11(15)12(9-6-4-5-7-10(9)14)19-13-17-16-8(2)18-13/h4-7,11-12H,3,15H2,1-2H3. The van der Waals surface area contributed by atoms with Gasteiger partial charge in [0.05, 0.1) is 5.25 Å². The molecule has 0 aliphatic carbocycles. The van der Waals surface area contributed by atoms with Gasteiger partial charge in [0.1, 0.15) is 5.82 Å². The van der Waals surface area contributed by atoms with Crippen LogP contribution in [0.3, 0.4) is 0 Å². The fourth-order valence-electron chi connectivity index (χ4n) is 1.74. The second-order valence-corrected chi connectivity index (χ2v) is 5.31. The van der Waals surface area contributed by atoms with Gasteiger partial charge in [-0.25, -0.2) is 4.39 Å². The lowest BCUT2D eigenvalue weighted by Gasteiger charge is -2.21. The Balaban J connectivity index is 2.29. The molecule has 2 unspecified atom stereocenters. The Morgan fingerprint density at radius 2 is 2.11 bits per heavy atom. The molecule has 0 spiro atoms. The predicted molar refractivity (Wildman–Crippen MR) is 72.3 cm³/mol. The Morgan fingerprint density at radius 3 is 2.68 bits per heavy atom. The lowest BCUT2D eigenvalue weighted by Crippen LogP contribution is -2.26. The first-order chi connectivity index (χ1) is 9.11. The van der Waals surface area contributed by atoms with E-state index in [1.54, 1.807) is 25.1 Å². The van der Waals surface area contributed by atoms with Crippen molar-refractivity contribution in [1.82, 2.24) is 10.2 Å². The number of thioether (sulfide) groups is 1. The summed E-state index contributed by atoms with van der Waals surface area (Å²) in [7, 11) is 0. The van der Waals surface area contributed by atoms with Crippen LogP contribution in [0.15, 0.2) is 33.9 Å². The van der Waals surface area contributed by atoms with Crippen molar-refractivity contribution >= 4 is 11.8 Å². The van der Waals surface area contributed by atoms with Crippen molar-refractivity contribution in [1.29, 1.82) is 0 Å². The molecular formula is C13H16FN3OS. The third-order valence-electron chi connectivity index (χ3n) is 2.81. The number of aromatic nitrogens is 2. The minimum Gasteiger partial charge on any atom is -0.416 e. The van der Waals surface area contributed by atoms with Crippen LogP contribution in [0.4, 0.5) is 4.39 Å². The second-order valence-electron chi connectivity index (χ2n) is 4.22. The van der Waals surface area contributed by atoms with Crippen LogP contribution in [0.1, 0.15) is 30.0 Å². The van der Waals surface area contributed by atoms with Crippen molar-refractivity contribution in [2.24, 2.45) is 5.73 Å². The van der Waals surface area contributed by atoms with Gasteiger partial charge in [0.2, 0.25) is 5.89 Å². The van der Waals surface area contributed by atoms with Crippen LogP contribution in [-0.2, 0) is 0 Å². The summed E-state index contributed by atoms with van der Waals surface area (Å²) in [4.78, 5) is 0. The highest BCUT2D eigenvalue weighted by atomic mass is 32.2. The van der Waals surface area contributed by atoms with Crippen molar-refractivity contribution in [2.75, 3.05) is 0 Å². The van der Waals surface area contributed by atoms with Crippen LogP contribution >= 0.6 is 11.8 Å². The monoisotopic (exact) mass is 281 g/mol.